The van der Waals surface area contributed by atoms with E-state index < -0.39 is 0 Å². The lowest BCUT2D eigenvalue weighted by Gasteiger charge is -2.14. The van der Waals surface area contributed by atoms with Crippen LogP contribution < -0.4 is 5.73 Å². The van der Waals surface area contributed by atoms with Gasteiger partial charge >= 0.3 is 0 Å². The highest BCUT2D eigenvalue weighted by molar-refractivity contribution is 5.73. The third-order valence-electron chi connectivity index (χ3n) is 4.72. The second-order valence-electron chi connectivity index (χ2n) is 6.70. The van der Waals surface area contributed by atoms with Crippen LogP contribution in [0.5, 0.6) is 0 Å². The van der Waals surface area contributed by atoms with Gasteiger partial charge in [-0.15, -0.1) is 0 Å². The van der Waals surface area contributed by atoms with Gasteiger partial charge in [0.05, 0.1) is 0 Å². The highest BCUT2D eigenvalue weighted by Crippen LogP contribution is 2.35. The first-order valence-corrected chi connectivity index (χ1v) is 9.34. The van der Waals surface area contributed by atoms with Crippen molar-refractivity contribution >= 4 is 5.91 Å². The topological polar surface area (TPSA) is 43.1 Å². The van der Waals surface area contributed by atoms with Gasteiger partial charge in [-0.2, -0.15) is 0 Å². The Balaban J connectivity index is 2.15. The highest BCUT2D eigenvalue weighted by Gasteiger charge is 2.23. The van der Waals surface area contributed by atoms with Crippen molar-refractivity contribution in [3.63, 3.8) is 0 Å². The number of allylic oxidation sites excluding steroid dienone is 4. The maximum Gasteiger partial charge on any atom is 0.217 e. The summed E-state index contributed by atoms with van der Waals surface area (Å²) in [5.74, 6) is 1.44. The highest BCUT2D eigenvalue weighted by atomic mass is 16.1. The molecule has 0 radical (unpaired) electrons. The van der Waals surface area contributed by atoms with Crippen LogP contribution in [-0.2, 0) is 4.79 Å². The molecule has 1 saturated carbocycles. The summed E-state index contributed by atoms with van der Waals surface area (Å²) in [5, 5.41) is 0. The molecule has 0 heterocycles. The number of amides is 1. The number of carbonyl (C=O) groups excluding carboxylic acids is 1. The Morgan fingerprint density at radius 2 is 1.86 bits per heavy atom. The van der Waals surface area contributed by atoms with E-state index in [0.29, 0.717) is 6.42 Å². The van der Waals surface area contributed by atoms with Crippen LogP contribution in [0.3, 0.4) is 0 Å². The molecule has 0 aliphatic heterocycles. The zero-order chi connectivity index (χ0) is 16.0. The number of nitrogens with two attached hydrogens (primary N) is 1. The first-order chi connectivity index (χ1) is 10.7. The van der Waals surface area contributed by atoms with E-state index in [-0.39, 0.29) is 5.91 Å². The van der Waals surface area contributed by atoms with E-state index in [0.717, 1.165) is 24.7 Å². The quantitative estimate of drug-likeness (QED) is 0.374. The molecule has 0 spiro atoms. The van der Waals surface area contributed by atoms with Crippen molar-refractivity contribution in [2.24, 2.45) is 17.6 Å². The van der Waals surface area contributed by atoms with Crippen molar-refractivity contribution in [3.8, 4) is 0 Å². The van der Waals surface area contributed by atoms with Crippen LogP contribution in [0.2, 0.25) is 0 Å². The maximum absolute atomic E-state index is 10.7. The fourth-order valence-electron chi connectivity index (χ4n) is 3.35. The summed E-state index contributed by atoms with van der Waals surface area (Å²) in [6, 6.07) is 0. The molecule has 2 atom stereocenters. The molecular formula is C20H35NO. The van der Waals surface area contributed by atoms with E-state index >= 15 is 0 Å². The second kappa shape index (κ2) is 12.5. The van der Waals surface area contributed by atoms with Gasteiger partial charge in [0.1, 0.15) is 0 Å². The molecule has 22 heavy (non-hydrogen) atoms. The Hall–Kier alpha value is -1.05. The normalized spacial score (nSPS) is 22.0. The minimum atomic E-state index is -0.187. The predicted molar refractivity (Wildman–Crippen MR) is 95.5 cm³/mol. The number of primary amides is 1. The van der Waals surface area contributed by atoms with Crippen LogP contribution in [0, 0.1) is 11.8 Å². The molecule has 1 fully saturated rings. The first-order valence-electron chi connectivity index (χ1n) is 9.34. The zero-order valence-electron chi connectivity index (χ0n) is 14.4. The van der Waals surface area contributed by atoms with Crippen LogP contribution in [-0.4, -0.2) is 5.91 Å². The molecule has 1 rings (SSSR count). The van der Waals surface area contributed by atoms with Gasteiger partial charge in [0.15, 0.2) is 0 Å². The van der Waals surface area contributed by atoms with Crippen molar-refractivity contribution in [2.45, 2.75) is 84.0 Å². The molecule has 1 aliphatic rings. The van der Waals surface area contributed by atoms with Crippen molar-refractivity contribution in [2.75, 3.05) is 0 Å². The van der Waals surface area contributed by atoms with E-state index in [1.54, 1.807) is 0 Å². The number of carbonyl (C=O) groups is 1. The van der Waals surface area contributed by atoms with Crippen LogP contribution >= 0.6 is 0 Å². The lowest BCUT2D eigenvalue weighted by Crippen LogP contribution is -2.09. The number of hydrogen-bond donors (Lipinski definition) is 1. The van der Waals surface area contributed by atoms with Crippen molar-refractivity contribution < 1.29 is 4.79 Å². The lowest BCUT2D eigenvalue weighted by atomic mass is 9.92. The van der Waals surface area contributed by atoms with E-state index in [9.17, 15) is 4.79 Å². The first kappa shape index (κ1) is 19.0. The minimum absolute atomic E-state index is 0.187. The number of rotatable bonds is 12. The Labute approximate surface area is 137 Å². The van der Waals surface area contributed by atoms with E-state index in [1.807, 2.05) is 0 Å². The summed E-state index contributed by atoms with van der Waals surface area (Å²) >= 11 is 0. The Kier molecular flexibility index (Phi) is 10.8. The van der Waals surface area contributed by atoms with Gasteiger partial charge in [-0.05, 0) is 56.8 Å². The van der Waals surface area contributed by atoms with Crippen LogP contribution in [0.1, 0.15) is 84.0 Å². The van der Waals surface area contributed by atoms with Crippen molar-refractivity contribution in [3.05, 3.63) is 24.3 Å². The van der Waals surface area contributed by atoms with E-state index in [4.69, 9.17) is 5.73 Å². The summed E-state index contributed by atoms with van der Waals surface area (Å²) in [6.45, 7) is 2.26. The molecular weight excluding hydrogens is 270 g/mol. The van der Waals surface area contributed by atoms with Gasteiger partial charge in [0, 0.05) is 6.42 Å². The number of hydrogen-bond acceptors (Lipinski definition) is 1. The average Bonchev–Trinajstić information content (AvgIpc) is 2.93. The monoisotopic (exact) mass is 305 g/mol. The van der Waals surface area contributed by atoms with Gasteiger partial charge in [-0.1, -0.05) is 56.9 Å². The molecule has 2 N–H and O–H groups in total. The SMILES string of the molecule is CCCCCCC=C[C@H]1CCC[C@@H]1CC=CCCCC(N)=O. The molecule has 0 aromatic heterocycles. The molecule has 0 aromatic carbocycles. The lowest BCUT2D eigenvalue weighted by molar-refractivity contribution is -0.118. The van der Waals surface area contributed by atoms with Crippen LogP contribution in [0.4, 0.5) is 0 Å². The van der Waals surface area contributed by atoms with E-state index in [2.05, 4.69) is 31.2 Å². The molecule has 1 amide bonds. The third-order valence-corrected chi connectivity index (χ3v) is 4.72. The Morgan fingerprint density at radius 3 is 2.64 bits per heavy atom. The predicted octanol–water partition coefficient (Wildman–Crippen LogP) is 5.53. The average molecular weight is 306 g/mol. The van der Waals surface area contributed by atoms with Gasteiger partial charge in [-0.25, -0.2) is 0 Å². The fraction of sp³-hybridized carbons (Fsp3) is 0.750. The van der Waals surface area contributed by atoms with Gasteiger partial charge in [0.25, 0.3) is 0 Å². The molecule has 2 heteroatoms. The molecule has 0 unspecified atom stereocenters. The molecule has 0 aromatic rings. The van der Waals surface area contributed by atoms with Crippen molar-refractivity contribution in [1.82, 2.24) is 0 Å². The van der Waals surface area contributed by atoms with Crippen LogP contribution in [0.25, 0.3) is 0 Å². The van der Waals surface area contributed by atoms with E-state index in [1.165, 1.54) is 57.8 Å². The third kappa shape index (κ3) is 9.07. The maximum atomic E-state index is 10.7. The standard InChI is InChI=1S/C20H35NO/c1-2-3-4-5-6-9-13-18-15-12-16-19(18)14-10-7-8-11-17-20(21)22/h7,9-10,13,18-19H,2-6,8,11-12,14-17H2,1H3,(H2,21,22)/t18-,19-/m0/s1. The fourth-order valence-corrected chi connectivity index (χ4v) is 3.35. The minimum Gasteiger partial charge on any atom is -0.370 e. The zero-order valence-corrected chi connectivity index (χ0v) is 14.4. The summed E-state index contributed by atoms with van der Waals surface area (Å²) in [5.41, 5.74) is 5.14. The molecule has 2 nitrogen and oxygen atoms in total. The molecule has 1 aliphatic carbocycles. The van der Waals surface area contributed by atoms with Crippen LogP contribution in [0.15, 0.2) is 24.3 Å². The molecule has 0 bridgehead atoms. The molecule has 126 valence electrons. The summed E-state index contributed by atoms with van der Waals surface area (Å²) < 4.78 is 0. The summed E-state index contributed by atoms with van der Waals surface area (Å²) in [6.07, 6.45) is 23.8. The Bertz CT molecular complexity index is 346. The number of unbranched alkanes of at least 4 members (excludes halogenated alkanes) is 5. The second-order valence-corrected chi connectivity index (χ2v) is 6.70. The van der Waals surface area contributed by atoms with Gasteiger partial charge in [0.2, 0.25) is 5.91 Å². The van der Waals surface area contributed by atoms with Gasteiger partial charge < -0.3 is 5.73 Å². The van der Waals surface area contributed by atoms with Gasteiger partial charge in [-0.3, -0.25) is 4.79 Å². The summed E-state index contributed by atoms with van der Waals surface area (Å²) in [4.78, 5) is 10.7. The smallest absolute Gasteiger partial charge is 0.217 e. The largest absolute Gasteiger partial charge is 0.370 e. The van der Waals surface area contributed by atoms with Crippen molar-refractivity contribution in [1.29, 1.82) is 0 Å². The summed E-state index contributed by atoms with van der Waals surface area (Å²) in [7, 11) is 0. The Morgan fingerprint density at radius 1 is 1.05 bits per heavy atom. The molecule has 0 saturated heterocycles.